The third-order valence-electron chi connectivity index (χ3n) is 4.85. The average Bonchev–Trinajstić information content (AvgIpc) is 3.02. The molecule has 0 saturated carbocycles. The van der Waals surface area contributed by atoms with Gasteiger partial charge in [-0.3, -0.25) is 14.9 Å². The van der Waals surface area contributed by atoms with Crippen LogP contribution in [0.25, 0.3) is 0 Å². The lowest BCUT2D eigenvalue weighted by Crippen LogP contribution is -2.33. The highest BCUT2D eigenvalue weighted by atomic mass is 32.2. The molecular weight excluding hydrogens is 413 g/mol. The number of hydrogen-bond acceptors (Lipinski definition) is 7. The molecule has 0 aromatic heterocycles. The summed E-state index contributed by atoms with van der Waals surface area (Å²) in [5.41, 5.74) is 0.738. The van der Waals surface area contributed by atoms with Gasteiger partial charge >= 0.3 is 0 Å². The Bertz CT molecular complexity index is 1100. The van der Waals surface area contributed by atoms with E-state index in [-0.39, 0.29) is 23.5 Å². The van der Waals surface area contributed by atoms with Crippen molar-refractivity contribution in [3.05, 3.63) is 63.2 Å². The van der Waals surface area contributed by atoms with Crippen LogP contribution in [0.15, 0.2) is 36.4 Å². The SMILES string of the molecule is CCOc1cc([C@@H](CS(C)(=O)=O)[15N]2Cc3cccc([N+](=O)[O-])c3C2=O)ccc1OC. The van der Waals surface area contributed by atoms with Gasteiger partial charge in [-0.1, -0.05) is 18.2 Å². The number of rotatable bonds is 8. The van der Waals surface area contributed by atoms with Crippen LogP contribution in [0.5, 0.6) is 11.5 Å². The van der Waals surface area contributed by atoms with Crippen LogP contribution in [0.4, 0.5) is 5.69 Å². The number of nitro benzene ring substituents is 1. The quantitative estimate of drug-likeness (QED) is 0.356. The van der Waals surface area contributed by atoms with E-state index in [9.17, 15) is 23.3 Å². The Morgan fingerprint density at radius 3 is 2.57 bits per heavy atom. The van der Waals surface area contributed by atoms with Gasteiger partial charge in [0.15, 0.2) is 11.5 Å². The summed E-state index contributed by atoms with van der Waals surface area (Å²) < 4.78 is 35.2. The van der Waals surface area contributed by atoms with E-state index >= 15 is 0 Å². The molecule has 9 nitrogen and oxygen atoms in total. The fraction of sp³-hybridized carbons (Fsp3) is 0.350. The second-order valence-corrected chi connectivity index (χ2v) is 9.14. The summed E-state index contributed by atoms with van der Waals surface area (Å²) in [7, 11) is -2.00. The van der Waals surface area contributed by atoms with Gasteiger partial charge in [-0.05, 0) is 30.2 Å². The predicted molar refractivity (Wildman–Crippen MR) is 110 cm³/mol. The fourth-order valence-corrected chi connectivity index (χ4v) is 4.54. The Balaban J connectivity index is 2.08. The van der Waals surface area contributed by atoms with Crippen molar-refractivity contribution in [1.29, 1.82) is 0 Å². The van der Waals surface area contributed by atoms with Crippen LogP contribution in [-0.2, 0) is 16.4 Å². The number of carbonyl (C=O) groups is 1. The number of ether oxygens (including phenoxy) is 2. The van der Waals surface area contributed by atoms with Crippen molar-refractivity contribution in [3.63, 3.8) is 0 Å². The number of fused-ring (bicyclic) bond motifs is 1. The maximum Gasteiger partial charge on any atom is 0.282 e. The van der Waals surface area contributed by atoms with Gasteiger partial charge in [-0.2, -0.15) is 0 Å². The molecule has 2 aromatic rings. The topological polar surface area (TPSA) is 116 Å². The van der Waals surface area contributed by atoms with Crippen LogP contribution in [0.3, 0.4) is 0 Å². The summed E-state index contributed by atoms with van der Waals surface area (Å²) in [5.74, 6) is -0.00504. The number of methoxy groups -OCH3 is 1. The van der Waals surface area contributed by atoms with Gasteiger partial charge in [-0.25, -0.2) is 8.42 Å². The lowest BCUT2D eigenvalue weighted by Gasteiger charge is -2.28. The van der Waals surface area contributed by atoms with E-state index in [1.807, 2.05) is 0 Å². The maximum atomic E-state index is 13.1. The zero-order valence-electron chi connectivity index (χ0n) is 16.8. The Kier molecular flexibility index (Phi) is 5.97. The minimum atomic E-state index is -3.49. The molecule has 0 spiro atoms. The van der Waals surface area contributed by atoms with E-state index in [1.165, 1.54) is 24.1 Å². The summed E-state index contributed by atoms with van der Waals surface area (Å²) in [6.07, 6.45) is 1.09. The maximum absolute atomic E-state index is 13.1. The van der Waals surface area contributed by atoms with Gasteiger partial charge in [0.25, 0.3) is 11.6 Å². The average molecular weight is 435 g/mol. The van der Waals surface area contributed by atoms with Crippen molar-refractivity contribution in [2.24, 2.45) is 0 Å². The van der Waals surface area contributed by atoms with E-state index in [1.54, 1.807) is 31.2 Å². The number of hydrogen-bond donors (Lipinski definition) is 0. The van der Waals surface area contributed by atoms with Crippen LogP contribution in [0.2, 0.25) is 0 Å². The van der Waals surface area contributed by atoms with Crippen molar-refractivity contribution in [2.45, 2.75) is 19.5 Å². The predicted octanol–water partition coefficient (Wildman–Crippen LogP) is 2.74. The van der Waals surface area contributed by atoms with Crippen molar-refractivity contribution in [2.75, 3.05) is 25.7 Å². The molecule has 0 aliphatic carbocycles. The molecule has 1 atom stereocenters. The Hall–Kier alpha value is -3.14. The molecule has 1 heterocycles. The highest BCUT2D eigenvalue weighted by Crippen LogP contribution is 2.38. The first-order valence-corrected chi connectivity index (χ1v) is 11.3. The van der Waals surface area contributed by atoms with Crippen molar-refractivity contribution in [3.8, 4) is 11.5 Å². The van der Waals surface area contributed by atoms with Crippen LogP contribution in [-0.4, -0.2) is 49.9 Å². The molecule has 0 N–H and O–H groups in total. The summed E-state index contributed by atoms with van der Waals surface area (Å²) >= 11 is 0. The normalized spacial score (nSPS) is 14.4. The molecule has 0 saturated heterocycles. The smallest absolute Gasteiger partial charge is 0.282 e. The van der Waals surface area contributed by atoms with E-state index in [0.717, 1.165) is 6.26 Å². The van der Waals surface area contributed by atoms with Crippen molar-refractivity contribution >= 4 is 21.4 Å². The molecule has 10 heteroatoms. The van der Waals surface area contributed by atoms with Crippen LogP contribution in [0, 0.1) is 10.1 Å². The molecule has 0 fully saturated rings. The number of nitrogens with zero attached hydrogens (tertiary/aromatic N) is 2. The van der Waals surface area contributed by atoms with Crippen molar-refractivity contribution in [1.82, 2.24) is 4.90 Å². The second kappa shape index (κ2) is 8.31. The largest absolute Gasteiger partial charge is 0.493 e. The van der Waals surface area contributed by atoms with E-state index in [2.05, 4.69) is 0 Å². The lowest BCUT2D eigenvalue weighted by atomic mass is 10.1. The molecule has 1 aliphatic heterocycles. The Morgan fingerprint density at radius 2 is 1.97 bits per heavy atom. The molecular formula is C20H22N2O7S. The Morgan fingerprint density at radius 1 is 1.23 bits per heavy atom. The highest BCUT2D eigenvalue weighted by molar-refractivity contribution is 7.90. The standard InChI is InChI=1S/C20H22N2O7S/c1-4-29-18-10-13(8-9-17(18)28-2)16(12-30(3,26)27)21-11-14-6-5-7-15(22(24)25)19(14)20(21)23/h5-10,16H,4,11-12H2,1-3H3/t16-/m1/s1/i21+1. The molecule has 2 aromatic carbocycles. The van der Waals surface area contributed by atoms with Gasteiger partial charge in [0.1, 0.15) is 15.4 Å². The first-order valence-electron chi connectivity index (χ1n) is 9.22. The molecule has 0 radical (unpaired) electrons. The molecule has 1 amide bonds. The number of nitro groups is 1. The summed E-state index contributed by atoms with van der Waals surface area (Å²) in [5, 5.41) is 11.4. The molecule has 3 rings (SSSR count). The van der Waals surface area contributed by atoms with Gasteiger partial charge in [0, 0.05) is 18.9 Å². The molecule has 0 bridgehead atoms. The minimum Gasteiger partial charge on any atom is -0.493 e. The highest BCUT2D eigenvalue weighted by Gasteiger charge is 2.39. The van der Waals surface area contributed by atoms with E-state index < -0.39 is 26.7 Å². The first kappa shape index (κ1) is 21.6. The lowest BCUT2D eigenvalue weighted by molar-refractivity contribution is -0.385. The van der Waals surface area contributed by atoms with Gasteiger partial charge in [0.2, 0.25) is 0 Å². The zero-order valence-corrected chi connectivity index (χ0v) is 17.6. The van der Waals surface area contributed by atoms with Gasteiger partial charge in [0.05, 0.1) is 30.4 Å². The Labute approximate surface area is 174 Å². The molecule has 1 aliphatic rings. The third kappa shape index (κ3) is 4.23. The molecule has 160 valence electrons. The van der Waals surface area contributed by atoms with Crippen LogP contribution in [0.1, 0.15) is 34.5 Å². The summed E-state index contributed by atoms with van der Waals surface area (Å²) in [4.78, 5) is 25.3. The van der Waals surface area contributed by atoms with E-state index in [0.29, 0.717) is 29.2 Å². The van der Waals surface area contributed by atoms with Crippen LogP contribution < -0.4 is 9.47 Å². The van der Waals surface area contributed by atoms with Gasteiger partial charge in [-0.15, -0.1) is 0 Å². The monoisotopic (exact) mass is 435 g/mol. The minimum absolute atomic E-state index is 0.000422. The van der Waals surface area contributed by atoms with Crippen molar-refractivity contribution < 1.29 is 27.6 Å². The number of amides is 1. The second-order valence-electron chi connectivity index (χ2n) is 6.95. The first-order chi connectivity index (χ1) is 14.2. The zero-order chi connectivity index (χ0) is 22.1. The molecule has 30 heavy (non-hydrogen) atoms. The number of carbonyl (C=O) groups excluding carboxylic acids is 1. The van der Waals surface area contributed by atoms with Gasteiger partial charge < -0.3 is 14.4 Å². The summed E-state index contributed by atoms with van der Waals surface area (Å²) in [6, 6.07) is 8.53. The number of benzene rings is 2. The third-order valence-corrected chi connectivity index (χ3v) is 5.77. The number of sulfone groups is 1. The molecule has 0 unspecified atom stereocenters. The van der Waals surface area contributed by atoms with Crippen LogP contribution >= 0.6 is 0 Å². The van der Waals surface area contributed by atoms with E-state index in [4.69, 9.17) is 9.47 Å². The summed E-state index contributed by atoms with van der Waals surface area (Å²) in [6.45, 7) is 2.25. The fourth-order valence-electron chi connectivity index (χ4n) is 3.59.